The Labute approximate surface area is 154 Å². The van der Waals surface area contributed by atoms with Gasteiger partial charge >= 0.3 is 0 Å². The van der Waals surface area contributed by atoms with Crippen molar-refractivity contribution in [2.24, 2.45) is 0 Å². The molecule has 1 amide bonds. The summed E-state index contributed by atoms with van der Waals surface area (Å²) in [6.45, 7) is 1.62. The Kier molecular flexibility index (Phi) is 4.23. The van der Waals surface area contributed by atoms with E-state index < -0.39 is 10.7 Å². The number of rotatable bonds is 3. The molecule has 7 nitrogen and oxygen atoms in total. The first kappa shape index (κ1) is 17.0. The van der Waals surface area contributed by atoms with Crippen molar-refractivity contribution < 1.29 is 14.1 Å². The van der Waals surface area contributed by atoms with Gasteiger partial charge in [0.1, 0.15) is 11.5 Å². The van der Waals surface area contributed by atoms with Crippen LogP contribution in [0.4, 0.5) is 15.8 Å². The lowest BCUT2D eigenvalue weighted by Crippen LogP contribution is -2.49. The molecule has 1 saturated heterocycles. The molecule has 0 radical (unpaired) electrons. The molecule has 2 heterocycles. The zero-order chi connectivity index (χ0) is 19.0. The van der Waals surface area contributed by atoms with E-state index in [2.05, 4.69) is 4.98 Å². The number of hydrogen-bond donors (Lipinski definition) is 1. The van der Waals surface area contributed by atoms with E-state index in [4.69, 9.17) is 0 Å². The van der Waals surface area contributed by atoms with Crippen LogP contribution < -0.4 is 4.90 Å². The van der Waals surface area contributed by atoms with Gasteiger partial charge in [0.2, 0.25) is 0 Å². The van der Waals surface area contributed by atoms with E-state index in [1.165, 1.54) is 12.1 Å². The number of para-hydroxylation sites is 1. The van der Waals surface area contributed by atoms with Crippen LogP contribution in [-0.4, -0.2) is 46.9 Å². The fraction of sp³-hybridized carbons (Fsp3) is 0.211. The van der Waals surface area contributed by atoms with Crippen LogP contribution >= 0.6 is 0 Å². The van der Waals surface area contributed by atoms with Crippen LogP contribution in [0.3, 0.4) is 0 Å². The topological polar surface area (TPSA) is 82.5 Å². The lowest BCUT2D eigenvalue weighted by atomic mass is 10.1. The third-order valence-electron chi connectivity index (χ3n) is 4.86. The highest BCUT2D eigenvalue weighted by Gasteiger charge is 2.27. The number of H-pyrrole nitrogens is 1. The molecule has 0 atom stereocenters. The first-order valence-corrected chi connectivity index (χ1v) is 8.59. The summed E-state index contributed by atoms with van der Waals surface area (Å²) < 4.78 is 13.6. The van der Waals surface area contributed by atoms with E-state index in [0.717, 1.165) is 17.0 Å². The lowest BCUT2D eigenvalue weighted by molar-refractivity contribution is -0.384. The zero-order valence-electron chi connectivity index (χ0n) is 14.4. The molecular formula is C19H17FN4O3. The molecule has 1 fully saturated rings. The van der Waals surface area contributed by atoms with Crippen molar-refractivity contribution in [1.82, 2.24) is 9.88 Å². The number of nitro benzene ring substituents is 1. The molecule has 1 aliphatic rings. The maximum Gasteiger partial charge on any atom is 0.292 e. The Morgan fingerprint density at radius 1 is 1.11 bits per heavy atom. The molecule has 0 spiro atoms. The minimum Gasteiger partial charge on any atom is -0.362 e. The van der Waals surface area contributed by atoms with E-state index in [9.17, 15) is 19.3 Å². The van der Waals surface area contributed by atoms with E-state index in [1.807, 2.05) is 24.3 Å². The monoisotopic (exact) mass is 368 g/mol. The number of piperazine rings is 1. The quantitative estimate of drug-likeness (QED) is 0.569. The Balaban J connectivity index is 1.52. The largest absolute Gasteiger partial charge is 0.362 e. The normalized spacial score (nSPS) is 14.6. The molecule has 3 aromatic rings. The van der Waals surface area contributed by atoms with Crippen LogP contribution in [0.25, 0.3) is 10.9 Å². The van der Waals surface area contributed by atoms with Crippen LogP contribution in [0.2, 0.25) is 0 Å². The first-order valence-electron chi connectivity index (χ1n) is 8.59. The van der Waals surface area contributed by atoms with Gasteiger partial charge in [-0.15, -0.1) is 0 Å². The Morgan fingerprint density at radius 2 is 1.85 bits per heavy atom. The van der Waals surface area contributed by atoms with Gasteiger partial charge in [0.05, 0.1) is 10.5 Å². The van der Waals surface area contributed by atoms with Crippen molar-refractivity contribution in [1.29, 1.82) is 0 Å². The molecule has 1 N–H and O–H groups in total. The molecule has 2 aromatic carbocycles. The summed E-state index contributed by atoms with van der Waals surface area (Å²) in [6, 6.07) is 11.0. The highest BCUT2D eigenvalue weighted by molar-refractivity contribution is 6.06. The third-order valence-corrected chi connectivity index (χ3v) is 4.86. The number of nitrogens with zero attached hydrogens (tertiary/aromatic N) is 3. The zero-order valence-corrected chi connectivity index (χ0v) is 14.4. The number of carbonyl (C=O) groups excluding carboxylic acids is 1. The summed E-state index contributed by atoms with van der Waals surface area (Å²) in [5.74, 6) is -0.603. The smallest absolute Gasteiger partial charge is 0.292 e. The summed E-state index contributed by atoms with van der Waals surface area (Å²) in [4.78, 5) is 30.1. The molecule has 1 aliphatic heterocycles. The van der Waals surface area contributed by atoms with Crippen molar-refractivity contribution in [3.05, 3.63) is 70.2 Å². The van der Waals surface area contributed by atoms with Gasteiger partial charge < -0.3 is 14.8 Å². The van der Waals surface area contributed by atoms with Crippen LogP contribution in [0.5, 0.6) is 0 Å². The van der Waals surface area contributed by atoms with Gasteiger partial charge in [0.15, 0.2) is 0 Å². The second-order valence-corrected chi connectivity index (χ2v) is 6.42. The number of aromatic amines is 1. The Morgan fingerprint density at radius 3 is 2.59 bits per heavy atom. The Hall–Kier alpha value is -3.42. The van der Waals surface area contributed by atoms with E-state index in [-0.39, 0.29) is 17.3 Å². The molecule has 4 rings (SSSR count). The van der Waals surface area contributed by atoms with E-state index >= 15 is 0 Å². The van der Waals surface area contributed by atoms with Gasteiger partial charge in [0.25, 0.3) is 11.6 Å². The van der Waals surface area contributed by atoms with Gasteiger partial charge in [-0.2, -0.15) is 0 Å². The summed E-state index contributed by atoms with van der Waals surface area (Å²) in [6.07, 6.45) is 1.71. The second kappa shape index (κ2) is 6.71. The fourth-order valence-corrected chi connectivity index (χ4v) is 3.47. The molecule has 8 heteroatoms. The van der Waals surface area contributed by atoms with Crippen LogP contribution in [0, 0.1) is 15.9 Å². The first-order chi connectivity index (χ1) is 13.0. The van der Waals surface area contributed by atoms with Crippen molar-refractivity contribution in [2.75, 3.05) is 31.1 Å². The predicted molar refractivity (Wildman–Crippen MR) is 99.5 cm³/mol. The maximum absolute atomic E-state index is 13.6. The number of fused-ring (bicyclic) bond motifs is 1. The van der Waals surface area contributed by atoms with Crippen molar-refractivity contribution in [3.8, 4) is 0 Å². The molecule has 27 heavy (non-hydrogen) atoms. The SMILES string of the molecule is O=C(c1c[nH]c2ccccc12)N1CCN(c2cc(F)ccc2[N+](=O)[O-])CC1. The summed E-state index contributed by atoms with van der Waals surface area (Å²) in [5.41, 5.74) is 1.62. The molecule has 0 unspecified atom stereocenters. The van der Waals surface area contributed by atoms with Crippen LogP contribution in [0.1, 0.15) is 10.4 Å². The number of anilines is 1. The molecular weight excluding hydrogens is 351 g/mol. The number of halogens is 1. The highest BCUT2D eigenvalue weighted by Crippen LogP contribution is 2.30. The number of carbonyl (C=O) groups is 1. The van der Waals surface area contributed by atoms with Gasteiger partial charge in [0, 0.05) is 55.4 Å². The minimum absolute atomic E-state index is 0.0826. The molecule has 0 bridgehead atoms. The van der Waals surface area contributed by atoms with Gasteiger partial charge in [-0.05, 0) is 12.1 Å². The lowest BCUT2D eigenvalue weighted by Gasteiger charge is -2.35. The van der Waals surface area contributed by atoms with Gasteiger partial charge in [-0.25, -0.2) is 4.39 Å². The Bertz CT molecular complexity index is 1020. The highest BCUT2D eigenvalue weighted by atomic mass is 19.1. The van der Waals surface area contributed by atoms with Crippen LogP contribution in [0.15, 0.2) is 48.7 Å². The third kappa shape index (κ3) is 3.10. The van der Waals surface area contributed by atoms with Gasteiger partial charge in [-0.3, -0.25) is 14.9 Å². The van der Waals surface area contributed by atoms with Gasteiger partial charge in [-0.1, -0.05) is 18.2 Å². The average Bonchev–Trinajstić information content (AvgIpc) is 3.11. The molecule has 0 aliphatic carbocycles. The summed E-state index contributed by atoms with van der Waals surface area (Å²) in [7, 11) is 0. The number of amides is 1. The number of hydrogen-bond acceptors (Lipinski definition) is 4. The van der Waals surface area contributed by atoms with Crippen LogP contribution in [-0.2, 0) is 0 Å². The molecule has 0 saturated carbocycles. The summed E-state index contributed by atoms with van der Waals surface area (Å²) >= 11 is 0. The van der Waals surface area contributed by atoms with Crippen molar-refractivity contribution >= 4 is 28.2 Å². The molecule has 1 aromatic heterocycles. The standard InChI is InChI=1S/C19H17FN4O3/c20-13-5-6-17(24(26)27)18(11-13)22-7-9-23(10-8-22)19(25)15-12-21-16-4-2-1-3-14(15)16/h1-6,11-12,21H,7-10H2. The minimum atomic E-state index is -0.520. The number of nitrogens with one attached hydrogen (secondary N) is 1. The number of aromatic nitrogens is 1. The van der Waals surface area contributed by atoms with Crippen molar-refractivity contribution in [2.45, 2.75) is 0 Å². The predicted octanol–water partition coefficient (Wildman–Crippen LogP) is 3.18. The fourth-order valence-electron chi connectivity index (χ4n) is 3.47. The summed E-state index contributed by atoms with van der Waals surface area (Å²) in [5, 5.41) is 12.1. The number of benzene rings is 2. The average molecular weight is 368 g/mol. The van der Waals surface area contributed by atoms with E-state index in [1.54, 1.807) is 16.0 Å². The second-order valence-electron chi connectivity index (χ2n) is 6.42. The van der Waals surface area contributed by atoms with E-state index in [0.29, 0.717) is 31.7 Å². The molecule has 138 valence electrons. The number of nitro groups is 1. The van der Waals surface area contributed by atoms with Crippen molar-refractivity contribution in [3.63, 3.8) is 0 Å². The maximum atomic E-state index is 13.6.